The number of aromatic nitrogens is 6. The number of rotatable bonds is 4. The van der Waals surface area contributed by atoms with Gasteiger partial charge in [0.1, 0.15) is 10.4 Å². The zero-order valence-corrected chi connectivity index (χ0v) is 17.7. The number of hydrogen-bond donors (Lipinski definition) is 2. The van der Waals surface area contributed by atoms with Gasteiger partial charge in [0.05, 0.1) is 36.0 Å². The Morgan fingerprint density at radius 2 is 2.00 bits per heavy atom. The monoisotopic (exact) mass is 456 g/mol. The standard InChI is InChI=1S/C19H21BrN8O/c1-11-9-27(10-12(2)29-11)19-25-17(18-22-7-15(20)28(18)26-19)21-8-16-23-13-5-3-4-6-14(13)24-16/h3-7,11-12H,8-10H2,1-2H3,(H,23,24)(H,21,25,26). The van der Waals surface area contributed by atoms with Crippen molar-refractivity contribution >= 4 is 44.4 Å². The van der Waals surface area contributed by atoms with Crippen LogP contribution < -0.4 is 10.2 Å². The van der Waals surface area contributed by atoms with Gasteiger partial charge in [-0.1, -0.05) is 12.1 Å². The van der Waals surface area contributed by atoms with Crippen LogP contribution in [0.5, 0.6) is 0 Å². The predicted octanol–water partition coefficient (Wildman–Crippen LogP) is 2.99. The Hall–Kier alpha value is -2.72. The molecule has 3 aromatic heterocycles. The van der Waals surface area contributed by atoms with Crippen LogP contribution in [0.4, 0.5) is 11.8 Å². The number of aromatic amines is 1. The second-order valence-corrected chi connectivity index (χ2v) is 8.11. The van der Waals surface area contributed by atoms with E-state index in [9.17, 15) is 0 Å². The smallest absolute Gasteiger partial charge is 0.245 e. The van der Waals surface area contributed by atoms with Gasteiger partial charge in [0.25, 0.3) is 0 Å². The minimum Gasteiger partial charge on any atom is -0.372 e. The first-order valence-corrected chi connectivity index (χ1v) is 10.4. The van der Waals surface area contributed by atoms with E-state index in [1.807, 2.05) is 24.3 Å². The van der Waals surface area contributed by atoms with Crippen molar-refractivity contribution in [2.75, 3.05) is 23.3 Å². The summed E-state index contributed by atoms with van der Waals surface area (Å²) in [5.41, 5.74) is 2.61. The van der Waals surface area contributed by atoms with Crippen LogP contribution in [0.3, 0.4) is 0 Å². The number of anilines is 2. The van der Waals surface area contributed by atoms with Crippen molar-refractivity contribution in [2.24, 2.45) is 0 Å². The first-order valence-electron chi connectivity index (χ1n) is 9.56. The minimum atomic E-state index is 0.122. The maximum atomic E-state index is 5.84. The molecule has 150 valence electrons. The van der Waals surface area contributed by atoms with Gasteiger partial charge in [-0.05, 0) is 41.9 Å². The Morgan fingerprint density at radius 3 is 2.79 bits per heavy atom. The molecule has 0 radical (unpaired) electrons. The molecule has 4 heterocycles. The van der Waals surface area contributed by atoms with E-state index in [4.69, 9.17) is 9.72 Å². The number of morpholine rings is 1. The molecule has 2 N–H and O–H groups in total. The van der Waals surface area contributed by atoms with E-state index >= 15 is 0 Å². The van der Waals surface area contributed by atoms with Crippen LogP contribution in [0, 0.1) is 0 Å². The van der Waals surface area contributed by atoms with Crippen LogP contribution in [0.2, 0.25) is 0 Å². The summed E-state index contributed by atoms with van der Waals surface area (Å²) in [6.07, 6.45) is 1.97. The molecule has 0 saturated carbocycles. The lowest BCUT2D eigenvalue weighted by Gasteiger charge is -2.35. The van der Waals surface area contributed by atoms with E-state index in [1.165, 1.54) is 0 Å². The van der Waals surface area contributed by atoms with Crippen LogP contribution in [-0.2, 0) is 11.3 Å². The van der Waals surface area contributed by atoms with Crippen LogP contribution >= 0.6 is 15.9 Å². The number of fused-ring (bicyclic) bond motifs is 2. The van der Waals surface area contributed by atoms with E-state index in [0.29, 0.717) is 24.0 Å². The highest BCUT2D eigenvalue weighted by atomic mass is 79.9. The topological polar surface area (TPSA) is 96.3 Å². The Morgan fingerprint density at radius 1 is 1.21 bits per heavy atom. The normalized spacial score (nSPS) is 19.9. The van der Waals surface area contributed by atoms with E-state index < -0.39 is 0 Å². The fourth-order valence-corrected chi connectivity index (χ4v) is 4.04. The van der Waals surface area contributed by atoms with E-state index in [2.05, 4.69) is 60.0 Å². The first kappa shape index (κ1) is 18.3. The summed E-state index contributed by atoms with van der Waals surface area (Å²) >= 11 is 3.52. The Balaban J connectivity index is 1.47. The predicted molar refractivity (Wildman–Crippen MR) is 114 cm³/mol. The van der Waals surface area contributed by atoms with Crippen molar-refractivity contribution in [2.45, 2.75) is 32.6 Å². The summed E-state index contributed by atoms with van der Waals surface area (Å²) in [6.45, 7) is 6.11. The molecule has 10 heteroatoms. The second-order valence-electron chi connectivity index (χ2n) is 7.29. The van der Waals surface area contributed by atoms with E-state index in [1.54, 1.807) is 10.7 Å². The van der Waals surface area contributed by atoms with Gasteiger partial charge in [-0.15, -0.1) is 5.10 Å². The number of benzene rings is 1. The average molecular weight is 457 g/mol. The van der Waals surface area contributed by atoms with Crippen molar-refractivity contribution < 1.29 is 4.74 Å². The minimum absolute atomic E-state index is 0.122. The lowest BCUT2D eigenvalue weighted by Crippen LogP contribution is -2.46. The summed E-state index contributed by atoms with van der Waals surface area (Å²) < 4.78 is 8.38. The summed E-state index contributed by atoms with van der Waals surface area (Å²) in [5.74, 6) is 2.14. The maximum absolute atomic E-state index is 5.84. The number of imidazole rings is 2. The number of nitrogens with zero attached hydrogens (tertiary/aromatic N) is 6. The molecule has 2 atom stereocenters. The van der Waals surface area contributed by atoms with Gasteiger partial charge in [-0.2, -0.15) is 9.50 Å². The molecule has 1 fully saturated rings. The van der Waals surface area contributed by atoms with Gasteiger partial charge in [-0.3, -0.25) is 0 Å². The molecule has 5 rings (SSSR count). The fraction of sp³-hybridized carbons (Fsp3) is 0.368. The number of H-pyrrole nitrogens is 1. The molecule has 0 amide bonds. The van der Waals surface area contributed by atoms with Crippen molar-refractivity contribution in [3.63, 3.8) is 0 Å². The van der Waals surface area contributed by atoms with Crippen molar-refractivity contribution in [1.82, 2.24) is 29.5 Å². The fourth-order valence-electron chi connectivity index (χ4n) is 3.69. The van der Waals surface area contributed by atoms with Crippen LogP contribution in [0.1, 0.15) is 19.7 Å². The van der Waals surface area contributed by atoms with Gasteiger partial charge in [0.2, 0.25) is 5.95 Å². The van der Waals surface area contributed by atoms with Gasteiger partial charge in [0.15, 0.2) is 11.5 Å². The maximum Gasteiger partial charge on any atom is 0.245 e. The summed E-state index contributed by atoms with van der Waals surface area (Å²) in [4.78, 5) is 19.3. The second kappa shape index (κ2) is 7.27. The molecular formula is C19H21BrN8O. The summed E-state index contributed by atoms with van der Waals surface area (Å²) in [6, 6.07) is 7.97. The number of halogens is 1. The number of para-hydroxylation sites is 2. The first-order chi connectivity index (χ1) is 14.1. The summed E-state index contributed by atoms with van der Waals surface area (Å²) in [5, 5.41) is 8.05. The highest BCUT2D eigenvalue weighted by Gasteiger charge is 2.25. The summed E-state index contributed by atoms with van der Waals surface area (Å²) in [7, 11) is 0. The molecule has 0 spiro atoms. The highest BCUT2D eigenvalue weighted by Crippen LogP contribution is 2.23. The third-order valence-electron chi connectivity index (χ3n) is 4.87. The zero-order valence-electron chi connectivity index (χ0n) is 16.1. The van der Waals surface area contributed by atoms with E-state index in [0.717, 1.165) is 34.6 Å². The molecule has 9 nitrogen and oxygen atoms in total. The van der Waals surface area contributed by atoms with E-state index in [-0.39, 0.29) is 12.2 Å². The molecular weight excluding hydrogens is 436 g/mol. The largest absolute Gasteiger partial charge is 0.372 e. The Bertz CT molecular complexity index is 1130. The molecule has 4 aromatic rings. The van der Waals surface area contributed by atoms with Crippen LogP contribution in [0.25, 0.3) is 16.7 Å². The number of ether oxygens (including phenoxy) is 1. The molecule has 1 saturated heterocycles. The zero-order chi connectivity index (χ0) is 20.0. The van der Waals surface area contributed by atoms with Gasteiger partial charge >= 0.3 is 0 Å². The van der Waals surface area contributed by atoms with Gasteiger partial charge in [0, 0.05) is 13.1 Å². The number of nitrogens with one attached hydrogen (secondary N) is 2. The Labute approximate surface area is 175 Å². The van der Waals surface area contributed by atoms with Crippen molar-refractivity contribution in [1.29, 1.82) is 0 Å². The lowest BCUT2D eigenvalue weighted by molar-refractivity contribution is -0.00577. The molecule has 1 aliphatic heterocycles. The quantitative estimate of drug-likeness (QED) is 0.487. The van der Waals surface area contributed by atoms with Gasteiger partial charge in [-0.25, -0.2) is 9.97 Å². The molecule has 0 aliphatic carbocycles. The molecule has 0 bridgehead atoms. The molecule has 1 aromatic carbocycles. The molecule has 1 aliphatic rings. The third-order valence-corrected chi connectivity index (χ3v) is 5.41. The molecule has 2 unspecified atom stereocenters. The third kappa shape index (κ3) is 3.53. The van der Waals surface area contributed by atoms with Crippen molar-refractivity contribution in [3.05, 3.63) is 40.9 Å². The molecule has 29 heavy (non-hydrogen) atoms. The highest BCUT2D eigenvalue weighted by molar-refractivity contribution is 9.10. The van der Waals surface area contributed by atoms with Crippen molar-refractivity contribution in [3.8, 4) is 0 Å². The lowest BCUT2D eigenvalue weighted by atomic mass is 10.2. The Kier molecular flexibility index (Phi) is 4.59. The van der Waals surface area contributed by atoms with Crippen LogP contribution in [-0.4, -0.2) is 54.8 Å². The average Bonchev–Trinajstić information content (AvgIpc) is 3.28. The van der Waals surface area contributed by atoms with Crippen LogP contribution in [0.15, 0.2) is 35.1 Å². The SMILES string of the molecule is CC1CN(c2nc(NCc3nc4ccccc4[nH]3)c3ncc(Br)n3n2)CC(C)O1. The van der Waals surface area contributed by atoms with Gasteiger partial charge < -0.3 is 19.9 Å². The number of hydrogen-bond acceptors (Lipinski definition) is 7.